The number of alkyl halides is 4. The Labute approximate surface area is 170 Å². The van der Waals surface area contributed by atoms with Crippen LogP contribution in [0, 0.1) is 0 Å². The van der Waals surface area contributed by atoms with Crippen molar-refractivity contribution in [3.8, 4) is 0 Å². The lowest BCUT2D eigenvalue weighted by atomic mass is 9.95. The third-order valence-electron chi connectivity index (χ3n) is 5.26. The Hall–Kier alpha value is -1.75. The van der Waals surface area contributed by atoms with E-state index in [4.69, 9.17) is 11.5 Å². The fourth-order valence-corrected chi connectivity index (χ4v) is 7.19. The summed E-state index contributed by atoms with van der Waals surface area (Å²) < 4.78 is 77.1. The Morgan fingerprint density at radius 3 is 2.48 bits per heavy atom. The first kappa shape index (κ1) is 21.9. The molecular weight excluding hydrogens is 430 g/mol. The molecule has 2 unspecified atom stereocenters. The number of aliphatic imine (C=N–C) groups is 1. The highest BCUT2D eigenvalue weighted by Crippen LogP contribution is 2.49. The standard InChI is InChI=1S/C18H21F4N3O2S2/c1-16(9-29(26,27)17(2,15(24)25-16)8-18(20,21)22)14-12(19)7-13(28-14)10-4-3-5-11(23)6-10/h3-7,12,14H,8-9,23H2,1-2H3,(H2,24,25)/t12?,14?,16-,17-/m0/s1. The van der Waals surface area contributed by atoms with Crippen molar-refractivity contribution in [2.24, 2.45) is 10.7 Å². The number of amidine groups is 1. The molecule has 4 N–H and O–H groups in total. The van der Waals surface area contributed by atoms with Gasteiger partial charge in [0.15, 0.2) is 9.84 Å². The molecule has 0 fully saturated rings. The van der Waals surface area contributed by atoms with E-state index in [0.717, 1.165) is 18.7 Å². The molecule has 3 rings (SSSR count). The topological polar surface area (TPSA) is 98.5 Å². The number of sulfone groups is 1. The Bertz CT molecular complexity index is 993. The summed E-state index contributed by atoms with van der Waals surface area (Å²) in [5, 5.41) is -0.956. The van der Waals surface area contributed by atoms with Gasteiger partial charge in [0, 0.05) is 10.6 Å². The highest BCUT2D eigenvalue weighted by Gasteiger charge is 2.58. The van der Waals surface area contributed by atoms with Gasteiger partial charge in [-0.2, -0.15) is 13.2 Å². The second kappa shape index (κ2) is 6.90. The molecular formula is C18H21F4N3O2S2. The van der Waals surface area contributed by atoms with Gasteiger partial charge >= 0.3 is 6.18 Å². The minimum absolute atomic E-state index is 0.486. The summed E-state index contributed by atoms with van der Waals surface area (Å²) >= 11 is 1.08. The van der Waals surface area contributed by atoms with Gasteiger partial charge in [-0.3, -0.25) is 4.99 Å². The van der Waals surface area contributed by atoms with Gasteiger partial charge in [0.05, 0.1) is 23.0 Å². The lowest BCUT2D eigenvalue weighted by Crippen LogP contribution is -2.61. The molecule has 0 aliphatic carbocycles. The van der Waals surface area contributed by atoms with Gasteiger partial charge in [0.25, 0.3) is 0 Å². The maximum Gasteiger partial charge on any atom is 0.391 e. The zero-order chi connectivity index (χ0) is 21.8. The summed E-state index contributed by atoms with van der Waals surface area (Å²) in [5.74, 6) is -1.38. The lowest BCUT2D eigenvalue weighted by molar-refractivity contribution is -0.137. The molecule has 11 heteroatoms. The molecule has 0 saturated carbocycles. The van der Waals surface area contributed by atoms with Crippen molar-refractivity contribution in [2.45, 2.75) is 48.2 Å². The second-order valence-electron chi connectivity index (χ2n) is 7.78. The second-order valence-corrected chi connectivity index (χ2v) is 11.4. The van der Waals surface area contributed by atoms with E-state index in [0.29, 0.717) is 16.2 Å². The van der Waals surface area contributed by atoms with Crippen molar-refractivity contribution in [3.63, 3.8) is 0 Å². The Balaban J connectivity index is 1.95. The molecule has 160 valence electrons. The molecule has 0 radical (unpaired) electrons. The van der Waals surface area contributed by atoms with Crippen LogP contribution >= 0.6 is 11.8 Å². The number of benzene rings is 1. The van der Waals surface area contributed by atoms with E-state index in [1.165, 1.54) is 13.0 Å². The number of thioether (sulfide) groups is 1. The maximum absolute atomic E-state index is 14.9. The first-order valence-corrected chi connectivity index (χ1v) is 11.2. The van der Waals surface area contributed by atoms with E-state index >= 15 is 0 Å². The van der Waals surface area contributed by atoms with Crippen LogP contribution in [0.25, 0.3) is 4.91 Å². The van der Waals surface area contributed by atoms with Crippen molar-refractivity contribution < 1.29 is 26.0 Å². The number of nitrogens with zero attached hydrogens (tertiary/aromatic N) is 1. The smallest absolute Gasteiger partial charge is 0.391 e. The highest BCUT2D eigenvalue weighted by molar-refractivity contribution is 8.09. The lowest BCUT2D eigenvalue weighted by Gasteiger charge is -2.42. The number of hydrogen-bond donors (Lipinski definition) is 2. The molecule has 29 heavy (non-hydrogen) atoms. The maximum atomic E-state index is 14.9. The molecule has 1 aromatic rings. The number of anilines is 1. The molecule has 0 spiro atoms. The van der Waals surface area contributed by atoms with E-state index in [1.807, 2.05) is 0 Å². The van der Waals surface area contributed by atoms with Gasteiger partial charge in [-0.15, -0.1) is 11.8 Å². The molecule has 4 atom stereocenters. The van der Waals surface area contributed by atoms with Crippen molar-refractivity contribution in [1.29, 1.82) is 0 Å². The van der Waals surface area contributed by atoms with Crippen molar-refractivity contribution in [3.05, 3.63) is 35.9 Å². The molecule has 0 aromatic heterocycles. The van der Waals surface area contributed by atoms with Crippen LogP contribution in [0.15, 0.2) is 35.3 Å². The van der Waals surface area contributed by atoms with Crippen LogP contribution in [0.3, 0.4) is 0 Å². The molecule has 2 aliphatic heterocycles. The predicted octanol–water partition coefficient (Wildman–Crippen LogP) is 3.32. The normalized spacial score (nSPS) is 34.6. The van der Waals surface area contributed by atoms with Gasteiger partial charge < -0.3 is 11.5 Å². The summed E-state index contributed by atoms with van der Waals surface area (Å²) in [6.45, 7) is 2.32. The molecule has 2 aliphatic rings. The first-order valence-electron chi connectivity index (χ1n) is 8.70. The number of nitrogens with two attached hydrogens (primary N) is 2. The monoisotopic (exact) mass is 451 g/mol. The van der Waals surface area contributed by atoms with E-state index in [9.17, 15) is 26.0 Å². The van der Waals surface area contributed by atoms with E-state index in [2.05, 4.69) is 4.99 Å². The van der Waals surface area contributed by atoms with Gasteiger partial charge in [0.2, 0.25) is 0 Å². The van der Waals surface area contributed by atoms with Crippen LogP contribution in [-0.4, -0.2) is 47.9 Å². The van der Waals surface area contributed by atoms with Gasteiger partial charge in [0.1, 0.15) is 16.8 Å². The highest BCUT2D eigenvalue weighted by atomic mass is 32.2. The fourth-order valence-electron chi connectivity index (χ4n) is 3.66. The predicted molar refractivity (Wildman–Crippen MR) is 108 cm³/mol. The van der Waals surface area contributed by atoms with Gasteiger partial charge in [-0.05, 0) is 37.6 Å². The van der Waals surface area contributed by atoms with Crippen LogP contribution < -0.4 is 11.5 Å². The molecule has 1 aromatic carbocycles. The number of rotatable bonds is 3. The average molecular weight is 452 g/mol. The SMILES string of the molecule is C[C@]1(CC(F)(F)F)C(N)=N[C@](C)(C2SC(c3cccc(N)c3)=CC2F)CS1(=O)=O. The molecule has 5 nitrogen and oxygen atoms in total. The van der Waals surface area contributed by atoms with Crippen LogP contribution in [0.4, 0.5) is 23.2 Å². The Kier molecular flexibility index (Phi) is 5.22. The molecule has 0 bridgehead atoms. The summed E-state index contributed by atoms with van der Waals surface area (Å²) in [5.41, 5.74) is 11.2. The average Bonchev–Trinajstić information content (AvgIpc) is 2.94. The number of hydrogen-bond acceptors (Lipinski definition) is 6. The molecule has 0 saturated heterocycles. The first-order chi connectivity index (χ1) is 13.2. The van der Waals surface area contributed by atoms with Gasteiger partial charge in [-0.25, -0.2) is 12.8 Å². The van der Waals surface area contributed by atoms with Crippen molar-refractivity contribution in [2.75, 3.05) is 11.5 Å². The van der Waals surface area contributed by atoms with Crippen LogP contribution in [0.2, 0.25) is 0 Å². The minimum Gasteiger partial charge on any atom is -0.399 e. The summed E-state index contributed by atoms with van der Waals surface area (Å²) in [7, 11) is -4.36. The fraction of sp³-hybridized carbons (Fsp3) is 0.500. The van der Waals surface area contributed by atoms with Gasteiger partial charge in [-0.1, -0.05) is 12.1 Å². The van der Waals surface area contributed by atoms with E-state index < -0.39 is 55.7 Å². The number of allylic oxidation sites excluding steroid dienone is 1. The van der Waals surface area contributed by atoms with Crippen LogP contribution in [-0.2, 0) is 9.84 Å². The minimum atomic E-state index is -4.75. The summed E-state index contributed by atoms with van der Waals surface area (Å²) in [6, 6.07) is 6.78. The van der Waals surface area contributed by atoms with Crippen molar-refractivity contribution >= 4 is 38.0 Å². The van der Waals surface area contributed by atoms with Crippen LogP contribution in [0.5, 0.6) is 0 Å². The van der Waals surface area contributed by atoms with E-state index in [1.54, 1.807) is 24.3 Å². The van der Waals surface area contributed by atoms with E-state index in [-0.39, 0.29) is 0 Å². The summed E-state index contributed by atoms with van der Waals surface area (Å²) in [4.78, 5) is 4.68. The molecule has 0 amide bonds. The summed E-state index contributed by atoms with van der Waals surface area (Å²) in [6.07, 6.45) is -6.60. The molecule has 2 heterocycles. The largest absolute Gasteiger partial charge is 0.399 e. The van der Waals surface area contributed by atoms with Crippen LogP contribution in [0.1, 0.15) is 25.8 Å². The number of halogens is 4. The Morgan fingerprint density at radius 1 is 1.28 bits per heavy atom. The quantitative estimate of drug-likeness (QED) is 0.543. The van der Waals surface area contributed by atoms with Crippen molar-refractivity contribution in [1.82, 2.24) is 0 Å². The zero-order valence-electron chi connectivity index (χ0n) is 15.7. The third-order valence-corrected chi connectivity index (χ3v) is 9.60. The Morgan fingerprint density at radius 2 is 1.93 bits per heavy atom. The zero-order valence-corrected chi connectivity index (χ0v) is 17.3. The number of nitrogen functional groups attached to an aromatic ring is 1. The third kappa shape index (κ3) is 3.98.